The van der Waals surface area contributed by atoms with E-state index >= 15 is 0 Å². The molecular weight excluding hydrogens is 298 g/mol. The van der Waals surface area contributed by atoms with Crippen molar-refractivity contribution in [2.75, 3.05) is 6.54 Å². The number of aliphatic hydroxyl groups is 1. The Labute approximate surface area is 137 Å². The molecule has 0 bridgehead atoms. The highest BCUT2D eigenvalue weighted by Crippen LogP contribution is 2.21. The molecule has 0 fully saturated rings. The summed E-state index contributed by atoms with van der Waals surface area (Å²) in [5.74, 6) is 0. The van der Waals surface area contributed by atoms with Gasteiger partial charge < -0.3 is 10.4 Å². The van der Waals surface area contributed by atoms with Crippen molar-refractivity contribution in [1.82, 2.24) is 15.1 Å². The summed E-state index contributed by atoms with van der Waals surface area (Å²) in [7, 11) is 0. The fourth-order valence-electron chi connectivity index (χ4n) is 2.29. The minimum atomic E-state index is -0.284. The van der Waals surface area contributed by atoms with Gasteiger partial charge in [0.25, 0.3) is 0 Å². The van der Waals surface area contributed by atoms with Crippen molar-refractivity contribution < 1.29 is 5.11 Å². The highest BCUT2D eigenvalue weighted by Gasteiger charge is 2.13. The van der Waals surface area contributed by atoms with E-state index in [0.29, 0.717) is 18.2 Å². The maximum atomic E-state index is 9.26. The molecule has 0 saturated heterocycles. The molecule has 0 radical (unpaired) electrons. The zero-order valence-corrected chi connectivity index (χ0v) is 14.2. The van der Waals surface area contributed by atoms with Crippen LogP contribution < -0.4 is 5.32 Å². The number of hydrogen-bond donors (Lipinski definition) is 2. The number of aliphatic hydroxyl groups excluding tert-OH is 1. The topological polar surface area (TPSA) is 50.1 Å². The van der Waals surface area contributed by atoms with Gasteiger partial charge in [-0.15, -0.1) is 0 Å². The Kier molecular flexibility index (Phi) is 6.00. The maximum absolute atomic E-state index is 9.26. The third kappa shape index (κ3) is 4.57. The minimum absolute atomic E-state index is 0.284. The Morgan fingerprint density at radius 1 is 1.27 bits per heavy atom. The van der Waals surface area contributed by atoms with E-state index in [1.165, 1.54) is 11.1 Å². The molecular formula is C17H24ClN3O. The zero-order chi connectivity index (χ0) is 16.1. The first-order chi connectivity index (χ1) is 10.5. The van der Waals surface area contributed by atoms with Crippen molar-refractivity contribution in [3.63, 3.8) is 0 Å². The third-order valence-electron chi connectivity index (χ3n) is 3.68. The second-order valence-corrected chi connectivity index (χ2v) is 6.17. The van der Waals surface area contributed by atoms with Gasteiger partial charge in [0.1, 0.15) is 5.15 Å². The van der Waals surface area contributed by atoms with Gasteiger partial charge >= 0.3 is 0 Å². The van der Waals surface area contributed by atoms with Crippen LogP contribution in [0.3, 0.4) is 0 Å². The van der Waals surface area contributed by atoms with Crippen LogP contribution >= 0.6 is 11.6 Å². The van der Waals surface area contributed by atoms with Crippen LogP contribution in [-0.2, 0) is 13.1 Å². The number of aryl methyl sites for hydroxylation is 2. The van der Waals surface area contributed by atoms with Gasteiger partial charge in [-0.25, -0.2) is 4.68 Å². The molecule has 0 aliphatic carbocycles. The molecule has 2 rings (SSSR count). The molecule has 1 heterocycles. The average Bonchev–Trinajstić information content (AvgIpc) is 2.72. The van der Waals surface area contributed by atoms with Gasteiger partial charge in [-0.3, -0.25) is 0 Å². The van der Waals surface area contributed by atoms with Gasteiger partial charge in [0.2, 0.25) is 0 Å². The van der Waals surface area contributed by atoms with Crippen LogP contribution in [0.2, 0.25) is 5.15 Å². The number of benzene rings is 1. The second kappa shape index (κ2) is 7.77. The zero-order valence-electron chi connectivity index (χ0n) is 13.4. The number of aromatic nitrogens is 2. The number of hydrogen-bond acceptors (Lipinski definition) is 3. The van der Waals surface area contributed by atoms with E-state index in [4.69, 9.17) is 11.6 Å². The molecule has 2 aromatic rings. The summed E-state index contributed by atoms with van der Waals surface area (Å²) in [4.78, 5) is 0. The minimum Gasteiger partial charge on any atom is -0.393 e. The van der Waals surface area contributed by atoms with Gasteiger partial charge in [-0.1, -0.05) is 41.4 Å². The number of halogens is 1. The quantitative estimate of drug-likeness (QED) is 0.771. The first-order valence-electron chi connectivity index (χ1n) is 7.63. The molecule has 2 N–H and O–H groups in total. The first-order valence-corrected chi connectivity index (χ1v) is 8.01. The standard InChI is InChI=1S/C17H24ClN3O/c1-12-4-6-15(7-5-12)11-21-17(18)16(14(3)20-21)10-19-9-8-13(2)22/h4-7,13,19,22H,8-11H2,1-3H3. The summed E-state index contributed by atoms with van der Waals surface area (Å²) in [6.45, 7) is 7.95. The molecule has 22 heavy (non-hydrogen) atoms. The lowest BCUT2D eigenvalue weighted by atomic mass is 10.1. The first kappa shape index (κ1) is 17.0. The van der Waals surface area contributed by atoms with E-state index in [9.17, 15) is 5.11 Å². The molecule has 4 nitrogen and oxygen atoms in total. The van der Waals surface area contributed by atoms with Crippen molar-refractivity contribution in [3.05, 3.63) is 51.8 Å². The maximum Gasteiger partial charge on any atom is 0.132 e. The summed E-state index contributed by atoms with van der Waals surface area (Å²) < 4.78 is 1.84. The number of nitrogens with one attached hydrogen (secondary N) is 1. The van der Waals surface area contributed by atoms with E-state index in [1.807, 2.05) is 11.6 Å². The Bertz CT molecular complexity index is 605. The lowest BCUT2D eigenvalue weighted by Gasteiger charge is -2.07. The van der Waals surface area contributed by atoms with Crippen molar-refractivity contribution in [2.45, 2.75) is 46.4 Å². The average molecular weight is 322 g/mol. The van der Waals surface area contributed by atoms with E-state index in [0.717, 1.165) is 24.2 Å². The molecule has 1 aromatic carbocycles. The van der Waals surface area contributed by atoms with E-state index in [1.54, 1.807) is 6.92 Å². The van der Waals surface area contributed by atoms with Crippen LogP contribution in [0.4, 0.5) is 0 Å². The third-order valence-corrected chi connectivity index (χ3v) is 4.10. The Balaban J connectivity index is 2.01. The van der Waals surface area contributed by atoms with Gasteiger partial charge in [-0.2, -0.15) is 5.10 Å². The van der Waals surface area contributed by atoms with Crippen LogP contribution in [0.25, 0.3) is 0 Å². The molecule has 0 saturated carbocycles. The molecule has 0 aliphatic heterocycles. The lowest BCUT2D eigenvalue weighted by molar-refractivity contribution is 0.183. The summed E-state index contributed by atoms with van der Waals surface area (Å²) >= 11 is 6.46. The largest absolute Gasteiger partial charge is 0.393 e. The predicted octanol–water partition coefficient (Wildman–Crippen LogP) is 3.06. The van der Waals surface area contributed by atoms with Gasteiger partial charge in [-0.05, 0) is 39.3 Å². The Morgan fingerprint density at radius 3 is 2.59 bits per heavy atom. The normalized spacial score (nSPS) is 12.6. The summed E-state index contributed by atoms with van der Waals surface area (Å²) in [5.41, 5.74) is 4.40. The summed E-state index contributed by atoms with van der Waals surface area (Å²) in [6, 6.07) is 8.39. The van der Waals surface area contributed by atoms with E-state index in [-0.39, 0.29) is 6.10 Å². The molecule has 120 valence electrons. The molecule has 1 aromatic heterocycles. The van der Waals surface area contributed by atoms with Crippen molar-refractivity contribution in [2.24, 2.45) is 0 Å². The Hall–Kier alpha value is -1.36. The monoisotopic (exact) mass is 321 g/mol. The van der Waals surface area contributed by atoms with Gasteiger partial charge in [0, 0.05) is 12.1 Å². The molecule has 0 amide bonds. The smallest absolute Gasteiger partial charge is 0.132 e. The molecule has 1 unspecified atom stereocenters. The van der Waals surface area contributed by atoms with Gasteiger partial charge in [0.15, 0.2) is 0 Å². The van der Waals surface area contributed by atoms with Crippen LogP contribution in [0.5, 0.6) is 0 Å². The number of nitrogens with zero attached hydrogens (tertiary/aromatic N) is 2. The Morgan fingerprint density at radius 2 is 1.95 bits per heavy atom. The molecule has 1 atom stereocenters. The van der Waals surface area contributed by atoms with Crippen LogP contribution in [0, 0.1) is 13.8 Å². The second-order valence-electron chi connectivity index (χ2n) is 5.81. The van der Waals surface area contributed by atoms with Crippen molar-refractivity contribution in [3.8, 4) is 0 Å². The van der Waals surface area contributed by atoms with Gasteiger partial charge in [0.05, 0.1) is 18.3 Å². The summed E-state index contributed by atoms with van der Waals surface area (Å²) in [5, 5.41) is 17.8. The van der Waals surface area contributed by atoms with E-state index < -0.39 is 0 Å². The molecule has 0 spiro atoms. The SMILES string of the molecule is Cc1ccc(Cn2nc(C)c(CNCCC(C)O)c2Cl)cc1. The molecule has 5 heteroatoms. The van der Waals surface area contributed by atoms with Crippen LogP contribution in [0.15, 0.2) is 24.3 Å². The lowest BCUT2D eigenvalue weighted by Crippen LogP contribution is -2.19. The van der Waals surface area contributed by atoms with E-state index in [2.05, 4.69) is 41.6 Å². The highest BCUT2D eigenvalue weighted by molar-refractivity contribution is 6.30. The highest BCUT2D eigenvalue weighted by atomic mass is 35.5. The fourth-order valence-corrected chi connectivity index (χ4v) is 2.59. The number of rotatable bonds is 7. The molecule has 0 aliphatic rings. The fraction of sp³-hybridized carbons (Fsp3) is 0.471. The van der Waals surface area contributed by atoms with Crippen molar-refractivity contribution >= 4 is 11.6 Å². The van der Waals surface area contributed by atoms with Crippen molar-refractivity contribution in [1.29, 1.82) is 0 Å². The van der Waals surface area contributed by atoms with Crippen LogP contribution in [0.1, 0.15) is 35.7 Å². The summed E-state index contributed by atoms with van der Waals surface area (Å²) in [6.07, 6.45) is 0.446. The predicted molar refractivity (Wildman–Crippen MR) is 90.3 cm³/mol. The van der Waals surface area contributed by atoms with Crippen LogP contribution in [-0.4, -0.2) is 27.5 Å².